The van der Waals surface area contributed by atoms with E-state index in [1.54, 1.807) is 18.3 Å². The Hall–Kier alpha value is -3.33. The molecule has 5 rings (SSSR count). The van der Waals surface area contributed by atoms with Crippen molar-refractivity contribution in [3.05, 3.63) is 82.7 Å². The molecule has 0 radical (unpaired) electrons. The highest BCUT2D eigenvalue weighted by Crippen LogP contribution is 2.36. The summed E-state index contributed by atoms with van der Waals surface area (Å²) in [6, 6.07) is 13.0. The first-order chi connectivity index (χ1) is 16.3. The van der Waals surface area contributed by atoms with E-state index in [9.17, 15) is 18.0 Å². The molecule has 0 aliphatic carbocycles. The molecule has 2 amide bonds. The maximum Gasteiger partial charge on any atom is 0.416 e. The molecule has 34 heavy (non-hydrogen) atoms. The van der Waals surface area contributed by atoms with E-state index in [1.165, 1.54) is 0 Å². The van der Waals surface area contributed by atoms with E-state index in [-0.39, 0.29) is 18.1 Å². The van der Waals surface area contributed by atoms with Gasteiger partial charge in [-0.1, -0.05) is 30.3 Å². The lowest BCUT2D eigenvalue weighted by Gasteiger charge is -2.43. The number of anilines is 1. The number of carbonyl (C=O) groups is 1. The highest BCUT2D eigenvalue weighted by atomic mass is 19.4. The van der Waals surface area contributed by atoms with E-state index in [0.717, 1.165) is 53.0 Å². The van der Waals surface area contributed by atoms with Crippen LogP contribution in [0.25, 0.3) is 0 Å². The van der Waals surface area contributed by atoms with Crippen molar-refractivity contribution in [1.29, 1.82) is 0 Å². The van der Waals surface area contributed by atoms with E-state index < -0.39 is 11.7 Å². The number of likely N-dealkylation sites (tertiary alicyclic amines) is 1. The van der Waals surface area contributed by atoms with Crippen LogP contribution in [0.1, 0.15) is 46.8 Å². The summed E-state index contributed by atoms with van der Waals surface area (Å²) in [5.41, 5.74) is 3.93. The molecule has 6 nitrogen and oxygen atoms in total. The Labute approximate surface area is 195 Å². The quantitative estimate of drug-likeness (QED) is 0.542. The van der Waals surface area contributed by atoms with Crippen LogP contribution >= 0.6 is 0 Å². The number of H-pyrrole nitrogens is 1. The predicted octanol–water partition coefficient (Wildman–Crippen LogP) is 5.34. The first-order valence-electron chi connectivity index (χ1n) is 11.4. The predicted molar refractivity (Wildman–Crippen MR) is 122 cm³/mol. The number of rotatable bonds is 4. The minimum atomic E-state index is -4.37. The lowest BCUT2D eigenvalue weighted by Crippen LogP contribution is -2.50. The number of nitrogens with one attached hydrogen (secondary N) is 2. The van der Waals surface area contributed by atoms with E-state index in [0.29, 0.717) is 19.6 Å². The third-order valence-electron chi connectivity index (χ3n) is 6.88. The van der Waals surface area contributed by atoms with Gasteiger partial charge < -0.3 is 10.2 Å². The normalized spacial score (nSPS) is 18.5. The molecule has 2 aliphatic heterocycles. The van der Waals surface area contributed by atoms with Gasteiger partial charge in [0, 0.05) is 42.6 Å². The molecular weight excluding hydrogens is 443 g/mol. The van der Waals surface area contributed by atoms with Gasteiger partial charge in [-0.05, 0) is 49.1 Å². The average Bonchev–Trinajstić information content (AvgIpc) is 3.24. The molecule has 2 N–H and O–H groups in total. The smallest absolute Gasteiger partial charge is 0.317 e. The number of nitrogens with zero attached hydrogens (tertiary/aromatic N) is 3. The molecule has 1 fully saturated rings. The summed E-state index contributed by atoms with van der Waals surface area (Å²) in [7, 11) is 0. The van der Waals surface area contributed by atoms with Crippen molar-refractivity contribution in [2.75, 3.05) is 18.4 Å². The fraction of sp³-hybridized carbons (Fsp3) is 0.360. The zero-order valence-corrected chi connectivity index (χ0v) is 18.8. The van der Waals surface area contributed by atoms with Crippen LogP contribution in [0.5, 0.6) is 0 Å². The number of fused-ring (bicyclic) bond motifs is 1. The number of alkyl halides is 3. The van der Waals surface area contributed by atoms with Gasteiger partial charge in [-0.25, -0.2) is 4.79 Å². The van der Waals surface area contributed by atoms with Crippen molar-refractivity contribution in [2.24, 2.45) is 0 Å². The third kappa shape index (κ3) is 4.27. The van der Waals surface area contributed by atoms with Crippen LogP contribution in [0.15, 0.2) is 54.7 Å². The monoisotopic (exact) mass is 469 g/mol. The summed E-state index contributed by atoms with van der Waals surface area (Å²) in [5, 5.41) is 10.1. The second-order valence-corrected chi connectivity index (χ2v) is 8.95. The fourth-order valence-electron chi connectivity index (χ4n) is 5.05. The van der Waals surface area contributed by atoms with Gasteiger partial charge in [0.05, 0.1) is 17.8 Å². The number of hydrogen-bond acceptors (Lipinski definition) is 3. The Kier molecular flexibility index (Phi) is 5.81. The number of halogens is 3. The summed E-state index contributed by atoms with van der Waals surface area (Å²) in [4.78, 5) is 16.9. The maximum absolute atomic E-state index is 13.1. The van der Waals surface area contributed by atoms with Crippen LogP contribution < -0.4 is 5.32 Å². The Bertz CT molecular complexity index is 1170. The minimum absolute atomic E-state index is 0.0814. The second-order valence-electron chi connectivity index (χ2n) is 8.95. The molecule has 3 heterocycles. The number of aryl methyl sites for hydroxylation is 1. The lowest BCUT2D eigenvalue weighted by atomic mass is 9.93. The Morgan fingerprint density at radius 1 is 1.06 bits per heavy atom. The summed E-state index contributed by atoms with van der Waals surface area (Å²) in [6.45, 7) is 3.93. The number of aromatic amines is 1. The standard InChI is InChI=1S/C25H26F3N5O/c1-16-21(14-29-31-16)23(17-6-8-19(9-7-17)25(26,27)28)32-12-10-20(11-13-32)33-15-18-4-2-3-5-22(18)30-24(33)34/h2-9,14,20,23H,10-13,15H2,1H3,(H,29,31)(H,30,34). The Balaban J connectivity index is 1.35. The molecule has 1 unspecified atom stereocenters. The minimum Gasteiger partial charge on any atom is -0.317 e. The van der Waals surface area contributed by atoms with Gasteiger partial charge in [0.2, 0.25) is 0 Å². The van der Waals surface area contributed by atoms with Gasteiger partial charge in [0.25, 0.3) is 0 Å². The molecule has 2 aromatic carbocycles. The second kappa shape index (κ2) is 8.79. The largest absolute Gasteiger partial charge is 0.416 e. The van der Waals surface area contributed by atoms with Gasteiger partial charge in [0.1, 0.15) is 0 Å². The Morgan fingerprint density at radius 2 is 1.76 bits per heavy atom. The zero-order valence-electron chi connectivity index (χ0n) is 18.8. The number of piperidine rings is 1. The molecular formula is C25H26F3N5O. The van der Waals surface area contributed by atoms with Crippen molar-refractivity contribution in [1.82, 2.24) is 20.0 Å². The fourth-order valence-corrected chi connectivity index (χ4v) is 5.05. The average molecular weight is 470 g/mol. The lowest BCUT2D eigenvalue weighted by molar-refractivity contribution is -0.137. The molecule has 1 atom stereocenters. The van der Waals surface area contributed by atoms with Crippen LogP contribution in [0.2, 0.25) is 0 Å². The van der Waals surface area contributed by atoms with E-state index in [1.807, 2.05) is 36.1 Å². The zero-order chi connectivity index (χ0) is 23.9. The van der Waals surface area contributed by atoms with Crippen molar-refractivity contribution < 1.29 is 18.0 Å². The first kappa shape index (κ1) is 22.5. The van der Waals surface area contributed by atoms with E-state index >= 15 is 0 Å². The van der Waals surface area contributed by atoms with Crippen molar-refractivity contribution in [2.45, 2.75) is 44.6 Å². The highest BCUT2D eigenvalue weighted by molar-refractivity contribution is 5.92. The van der Waals surface area contributed by atoms with Crippen molar-refractivity contribution in [3.8, 4) is 0 Å². The van der Waals surface area contributed by atoms with Crippen LogP contribution in [0, 0.1) is 6.92 Å². The molecule has 2 aliphatic rings. The molecule has 0 spiro atoms. The molecule has 178 valence electrons. The molecule has 0 saturated carbocycles. The molecule has 9 heteroatoms. The number of carbonyl (C=O) groups excluding carboxylic acids is 1. The van der Waals surface area contributed by atoms with Crippen LogP contribution in [0.4, 0.5) is 23.7 Å². The summed E-state index contributed by atoms with van der Waals surface area (Å²) < 4.78 is 39.3. The molecule has 3 aromatic rings. The van der Waals surface area contributed by atoms with Crippen LogP contribution in [-0.4, -0.2) is 45.2 Å². The first-order valence-corrected chi connectivity index (χ1v) is 11.4. The van der Waals surface area contributed by atoms with Crippen LogP contribution in [0.3, 0.4) is 0 Å². The summed E-state index contributed by atoms with van der Waals surface area (Å²) in [6.07, 6.45) is -1.06. The molecule has 1 saturated heterocycles. The number of amides is 2. The number of hydrogen-bond donors (Lipinski definition) is 2. The summed E-state index contributed by atoms with van der Waals surface area (Å²) >= 11 is 0. The van der Waals surface area contributed by atoms with Gasteiger partial charge in [-0.15, -0.1) is 0 Å². The van der Waals surface area contributed by atoms with Crippen LogP contribution in [-0.2, 0) is 12.7 Å². The third-order valence-corrected chi connectivity index (χ3v) is 6.88. The Morgan fingerprint density at radius 3 is 2.41 bits per heavy atom. The van der Waals surface area contributed by atoms with Gasteiger partial charge >= 0.3 is 12.2 Å². The molecule has 0 bridgehead atoms. The number of benzene rings is 2. The SMILES string of the molecule is Cc1[nH]ncc1C(c1ccc(C(F)(F)F)cc1)N1CCC(N2Cc3ccccc3NC2=O)CC1. The highest BCUT2D eigenvalue weighted by Gasteiger charge is 2.35. The van der Waals surface area contributed by atoms with Gasteiger partial charge in [-0.2, -0.15) is 18.3 Å². The maximum atomic E-state index is 13.1. The van der Waals surface area contributed by atoms with E-state index in [4.69, 9.17) is 0 Å². The number of aromatic nitrogens is 2. The number of urea groups is 1. The van der Waals surface area contributed by atoms with E-state index in [2.05, 4.69) is 20.4 Å². The van der Waals surface area contributed by atoms with Gasteiger partial charge in [0.15, 0.2) is 0 Å². The number of para-hydroxylation sites is 1. The molecule has 1 aromatic heterocycles. The van der Waals surface area contributed by atoms with Crippen molar-refractivity contribution >= 4 is 11.7 Å². The van der Waals surface area contributed by atoms with Crippen molar-refractivity contribution in [3.63, 3.8) is 0 Å². The summed E-state index contributed by atoms with van der Waals surface area (Å²) in [5.74, 6) is 0. The van der Waals surface area contributed by atoms with Gasteiger partial charge in [-0.3, -0.25) is 10.00 Å². The topological polar surface area (TPSA) is 64.3 Å².